The Morgan fingerprint density at radius 3 is 0.979 bits per heavy atom. The molecule has 28 rings (SSSR count). The Morgan fingerprint density at radius 2 is 0.532 bits per heavy atom. The molecule has 12 heterocycles. The quantitative estimate of drug-likeness (QED) is 0.143. The fourth-order valence-corrected chi connectivity index (χ4v) is 23.9. The Labute approximate surface area is 825 Å². The third kappa shape index (κ3) is 17.2. The summed E-state index contributed by atoms with van der Waals surface area (Å²) >= 11 is 1.84. The van der Waals surface area contributed by atoms with Gasteiger partial charge in [-0.05, 0) is 234 Å². The maximum absolute atomic E-state index is 5.99. The monoisotopic (exact) mass is 1850 g/mol. The topological polar surface area (TPSA) is 101 Å². The number of fused-ring (bicyclic) bond motifs is 17. The molecule has 0 spiro atoms. The van der Waals surface area contributed by atoms with Crippen LogP contribution in [0.3, 0.4) is 0 Å². The number of ether oxygens (including phenoxy) is 1. The second-order valence-corrected chi connectivity index (χ2v) is 40.9. The summed E-state index contributed by atoms with van der Waals surface area (Å²) in [4.78, 5) is 33.9. The molecule has 0 amide bonds. The fourth-order valence-electron chi connectivity index (χ4n) is 19.9. The van der Waals surface area contributed by atoms with Gasteiger partial charge in [-0.3, -0.25) is 24.5 Å². The molecule has 678 valence electrons. The number of hydrogen-bond acceptors (Lipinski definition) is 11. The number of hydrogen-bond donors (Lipinski definition) is 0. The number of anilines is 12. The van der Waals surface area contributed by atoms with Crippen molar-refractivity contribution in [2.24, 2.45) is 0 Å². The molecule has 0 radical (unpaired) electrons. The summed E-state index contributed by atoms with van der Waals surface area (Å²) < 4.78 is 12.6. The van der Waals surface area contributed by atoms with Gasteiger partial charge in [0.05, 0.1) is 61.7 Å². The lowest BCUT2D eigenvalue weighted by Crippen LogP contribution is -2.58. The van der Waals surface area contributed by atoms with Crippen LogP contribution in [-0.4, -0.2) is 46.7 Å². The first-order valence-corrected chi connectivity index (χ1v) is 51.3. The Kier molecular flexibility index (Phi) is 24.8. The summed E-state index contributed by atoms with van der Waals surface area (Å²) in [6.45, 7) is 9.53. The molecule has 0 saturated heterocycles. The standard InChI is InChI=1S/C21H19N.C20H19NSi.C18H13NO.C18H13NS.C17H12N2.2C16H11N3/c1-21(2)17-12-6-8-14-19(17)22(16-10-4-3-5-11-16)20-15-9-7-13-18(20)21;1-22(2)19-14-8-6-12-17(19)21(16-10-4-3-5-11-16)18-13-7-9-15-20(18)22;2*1-2-8-14(9-3-1)19-15-10-4-6-12-17(15)20-18-13-7-5-11-16(18)19;1-2-7-13(8-3-1)19-16-11-5-4-9-14(16)15-10-6-12-18-17(15)19;1-2-6-12(7-3-1)19-13-8-4-10-17-15(13)16-14(19)9-5-11-18-16;1-2-4-12(5-3-1)19-15-6-8-17-10-13(15)14-11-18-9-7-16(14)19/h2*3-15H,1-2H3;2*1-13H;1-12H;2*1-11H. The molecule has 16 aromatic carbocycles. The lowest BCUT2D eigenvalue weighted by atomic mass is 9.73. The largest absolute Gasteiger partial charge is 0.453 e. The average Bonchev–Trinajstić information content (AvgIpc) is 1.57. The van der Waals surface area contributed by atoms with Gasteiger partial charge in [0.25, 0.3) is 0 Å². The van der Waals surface area contributed by atoms with E-state index in [9.17, 15) is 0 Å². The van der Waals surface area contributed by atoms with Gasteiger partial charge in [-0.15, -0.1) is 0 Å². The van der Waals surface area contributed by atoms with Gasteiger partial charge in [0.2, 0.25) is 0 Å². The molecule has 0 saturated carbocycles. The molecule has 13 nitrogen and oxygen atoms in total. The van der Waals surface area contributed by atoms with Crippen molar-refractivity contribution in [3.8, 4) is 28.6 Å². The fraction of sp³-hybridized carbons (Fsp3) is 0.0397. The van der Waals surface area contributed by atoms with E-state index in [0.29, 0.717) is 0 Å². The maximum atomic E-state index is 5.99. The smallest absolute Gasteiger partial charge is 0.151 e. The van der Waals surface area contributed by atoms with E-state index < -0.39 is 8.07 Å². The van der Waals surface area contributed by atoms with E-state index in [1.165, 1.54) is 98.8 Å². The molecule has 0 fully saturated rings. The third-order valence-electron chi connectivity index (χ3n) is 26.3. The zero-order chi connectivity index (χ0) is 95.0. The number of pyridine rings is 5. The van der Waals surface area contributed by atoms with Crippen molar-refractivity contribution in [1.82, 2.24) is 38.6 Å². The van der Waals surface area contributed by atoms with E-state index >= 15 is 0 Å². The molecule has 0 unspecified atom stereocenters. The Bertz CT molecular complexity index is 7560. The lowest BCUT2D eigenvalue weighted by molar-refractivity contribution is 0.477. The van der Waals surface area contributed by atoms with Gasteiger partial charge in [-0.25, -0.2) is 4.98 Å². The summed E-state index contributed by atoms with van der Waals surface area (Å²) in [6.07, 6.45) is 12.9. The molecule has 4 aliphatic rings. The van der Waals surface area contributed by atoms with E-state index in [0.717, 1.165) is 95.1 Å². The van der Waals surface area contributed by atoms with Crippen molar-refractivity contribution in [1.29, 1.82) is 0 Å². The zero-order valence-electron chi connectivity index (χ0n) is 78.3. The van der Waals surface area contributed by atoms with Gasteiger partial charge in [0.1, 0.15) is 24.8 Å². The first kappa shape index (κ1) is 88.5. The summed E-state index contributed by atoms with van der Waals surface area (Å²) in [6, 6.07) is 167. The second-order valence-electron chi connectivity index (χ2n) is 35.5. The average molecular weight is 1860 g/mol. The summed E-state index contributed by atoms with van der Waals surface area (Å²) in [5.74, 6) is 1.77. The molecule has 24 aromatic rings. The number of para-hydroxylation sites is 18. The van der Waals surface area contributed by atoms with Gasteiger partial charge in [-0.1, -0.05) is 306 Å². The molecule has 15 heteroatoms. The van der Waals surface area contributed by atoms with Crippen LogP contribution in [0.5, 0.6) is 11.5 Å². The van der Waals surface area contributed by atoms with Crippen molar-refractivity contribution in [3.63, 3.8) is 0 Å². The molecule has 0 atom stereocenters. The summed E-state index contributed by atoms with van der Waals surface area (Å²) in [5, 5.41) is 7.73. The van der Waals surface area contributed by atoms with Gasteiger partial charge in [-0.2, -0.15) is 0 Å². The molecular formula is C126H98N12OSSi. The molecule has 141 heavy (non-hydrogen) atoms. The Morgan fingerprint density at radius 1 is 0.234 bits per heavy atom. The van der Waals surface area contributed by atoms with E-state index in [-0.39, 0.29) is 5.41 Å². The minimum Gasteiger partial charge on any atom is -0.453 e. The third-order valence-corrected chi connectivity index (χ3v) is 31.0. The van der Waals surface area contributed by atoms with E-state index in [4.69, 9.17) is 4.74 Å². The highest BCUT2D eigenvalue weighted by molar-refractivity contribution is 7.99. The first-order chi connectivity index (χ1) is 69.6. The van der Waals surface area contributed by atoms with E-state index in [2.05, 4.69) is 461 Å². The van der Waals surface area contributed by atoms with E-state index in [1.54, 1.807) is 0 Å². The van der Waals surface area contributed by atoms with Crippen molar-refractivity contribution in [3.05, 3.63) is 534 Å². The molecular weight excluding hydrogens is 1760 g/mol. The van der Waals surface area contributed by atoms with Crippen LogP contribution in [0.2, 0.25) is 13.1 Å². The highest BCUT2D eigenvalue weighted by Gasteiger charge is 2.40. The molecule has 8 aromatic heterocycles. The summed E-state index contributed by atoms with van der Waals surface area (Å²) in [5.41, 5.74) is 29.4. The molecule has 0 bridgehead atoms. The van der Waals surface area contributed by atoms with Gasteiger partial charge in [0, 0.05) is 131 Å². The lowest BCUT2D eigenvalue weighted by Gasteiger charge is -2.42. The van der Waals surface area contributed by atoms with Crippen LogP contribution >= 0.6 is 11.8 Å². The Hall–Kier alpha value is -17.8. The number of rotatable bonds is 7. The van der Waals surface area contributed by atoms with E-state index in [1.807, 2.05) is 158 Å². The van der Waals surface area contributed by atoms with Crippen LogP contribution in [0, 0.1) is 0 Å². The normalized spacial score (nSPS) is 12.8. The van der Waals surface area contributed by atoms with Crippen LogP contribution in [0.4, 0.5) is 68.2 Å². The van der Waals surface area contributed by atoms with Crippen molar-refractivity contribution in [2.75, 3.05) is 19.6 Å². The van der Waals surface area contributed by atoms with Crippen molar-refractivity contribution in [2.45, 2.75) is 42.1 Å². The van der Waals surface area contributed by atoms with Crippen LogP contribution in [0.25, 0.3) is 82.9 Å². The van der Waals surface area contributed by atoms with Crippen LogP contribution in [-0.2, 0) is 5.41 Å². The van der Waals surface area contributed by atoms with Gasteiger partial charge in [0.15, 0.2) is 11.5 Å². The minimum absolute atomic E-state index is 0.0124. The number of aromatic nitrogens is 8. The Balaban J connectivity index is 0.0000000945. The van der Waals surface area contributed by atoms with Crippen molar-refractivity contribution < 1.29 is 4.74 Å². The predicted octanol–water partition coefficient (Wildman–Crippen LogP) is 32.3. The van der Waals surface area contributed by atoms with Gasteiger partial charge < -0.3 is 33.5 Å². The van der Waals surface area contributed by atoms with Crippen LogP contribution in [0.15, 0.2) is 532 Å². The zero-order valence-corrected chi connectivity index (χ0v) is 80.2. The predicted molar refractivity (Wildman–Crippen MR) is 589 cm³/mol. The number of benzene rings is 16. The molecule has 4 aliphatic heterocycles. The van der Waals surface area contributed by atoms with Crippen LogP contribution < -0.4 is 34.7 Å². The highest BCUT2D eigenvalue weighted by atomic mass is 32.2. The van der Waals surface area contributed by atoms with Crippen molar-refractivity contribution >= 4 is 164 Å². The van der Waals surface area contributed by atoms with Gasteiger partial charge >= 0.3 is 0 Å². The molecule has 0 N–H and O–H groups in total. The SMILES string of the molecule is CC1(C)c2ccccc2N(c2ccccc2)c2ccccc21.C[Si]1(C)c2ccccc2N(c2ccccc2)c2ccccc21.c1ccc(-n2c3ccccc3c3cccnc32)cc1.c1ccc(-n2c3cccnc3c3ncccc32)cc1.c1ccc(-n2c3ccncc3c3cnccc32)cc1.c1ccc(N2c3ccccc3Oc3ccccc32)cc1.c1ccc(N2c3ccccc3Sc3ccccc32)cc1. The second kappa shape index (κ2) is 39.5. The number of nitrogens with zero attached hydrogens (tertiary/aromatic N) is 12. The summed E-state index contributed by atoms with van der Waals surface area (Å²) in [7, 11) is -1.65. The van der Waals surface area contributed by atoms with Crippen LogP contribution in [0.1, 0.15) is 25.0 Å². The molecule has 0 aliphatic carbocycles. The minimum atomic E-state index is -1.65. The maximum Gasteiger partial charge on any atom is 0.151 e. The highest BCUT2D eigenvalue weighted by Crippen LogP contribution is 2.55. The first-order valence-electron chi connectivity index (χ1n) is 47.5.